The van der Waals surface area contributed by atoms with E-state index >= 15 is 0 Å². The van der Waals surface area contributed by atoms with E-state index < -0.39 is 10.0 Å². The molecule has 0 saturated carbocycles. The molecule has 0 aliphatic carbocycles. The third-order valence-corrected chi connectivity index (χ3v) is 6.09. The van der Waals surface area contributed by atoms with Gasteiger partial charge in [-0.15, -0.1) is 0 Å². The van der Waals surface area contributed by atoms with Crippen LogP contribution in [0.25, 0.3) is 0 Å². The number of hydrogen-bond acceptors (Lipinski definition) is 3. The zero-order chi connectivity index (χ0) is 15.1. The minimum Gasteiger partial charge on any atom is -0.390 e. The number of sulfonamides is 1. The summed E-state index contributed by atoms with van der Waals surface area (Å²) in [7, 11) is -1.70. The van der Waals surface area contributed by atoms with Gasteiger partial charge in [0.15, 0.2) is 0 Å². The molecule has 1 fully saturated rings. The molecule has 0 radical (unpaired) electrons. The van der Waals surface area contributed by atoms with E-state index in [1.54, 1.807) is 28.2 Å². The second kappa shape index (κ2) is 5.16. The normalized spacial score (nSPS) is 21.6. The lowest BCUT2D eigenvalue weighted by Gasteiger charge is -2.26. The van der Waals surface area contributed by atoms with Crippen LogP contribution in [-0.2, 0) is 23.7 Å². The smallest absolute Gasteiger partial charge is 0.244 e. The summed E-state index contributed by atoms with van der Waals surface area (Å²) in [6.45, 7) is 7.46. The zero-order valence-corrected chi connectivity index (χ0v) is 13.4. The highest BCUT2D eigenvalue weighted by Gasteiger charge is 2.38. The third kappa shape index (κ3) is 2.77. The summed E-state index contributed by atoms with van der Waals surface area (Å²) in [6, 6.07) is 1.56. The molecular weight excluding hydrogens is 276 g/mol. The highest BCUT2D eigenvalue weighted by Crippen LogP contribution is 2.35. The Bertz CT molecular complexity index is 584. The Morgan fingerprint density at radius 1 is 1.40 bits per heavy atom. The van der Waals surface area contributed by atoms with Crippen LogP contribution in [0.1, 0.15) is 32.9 Å². The van der Waals surface area contributed by atoms with Crippen LogP contribution in [0.5, 0.6) is 0 Å². The fourth-order valence-electron chi connectivity index (χ4n) is 2.68. The SMILES string of the molecule is Cn1cc(S(=O)(=O)N2CCC(C(C)(C)C)C2)cc1CO. The van der Waals surface area contributed by atoms with Crippen molar-refractivity contribution < 1.29 is 13.5 Å². The fourth-order valence-corrected chi connectivity index (χ4v) is 4.27. The third-order valence-electron chi connectivity index (χ3n) is 4.26. The average molecular weight is 300 g/mol. The predicted octanol–water partition coefficient (Wildman–Crippen LogP) is 1.57. The Labute approximate surface area is 121 Å². The Kier molecular flexibility index (Phi) is 4.01. The molecule has 5 nitrogen and oxygen atoms in total. The minimum absolute atomic E-state index is 0.122. The first-order chi connectivity index (χ1) is 9.16. The maximum Gasteiger partial charge on any atom is 0.244 e. The van der Waals surface area contributed by atoms with Crippen molar-refractivity contribution in [2.24, 2.45) is 18.4 Å². The molecule has 0 bridgehead atoms. The van der Waals surface area contributed by atoms with Gasteiger partial charge in [-0.3, -0.25) is 0 Å². The highest BCUT2D eigenvalue weighted by atomic mass is 32.2. The topological polar surface area (TPSA) is 62.5 Å². The van der Waals surface area contributed by atoms with E-state index in [0.29, 0.717) is 24.7 Å². The summed E-state index contributed by atoms with van der Waals surface area (Å²) in [5.74, 6) is 0.387. The van der Waals surface area contributed by atoms with Crippen molar-refractivity contribution in [1.29, 1.82) is 0 Å². The zero-order valence-electron chi connectivity index (χ0n) is 12.6. The summed E-state index contributed by atoms with van der Waals surface area (Å²) in [6.07, 6.45) is 2.48. The van der Waals surface area contributed by atoms with E-state index in [2.05, 4.69) is 20.8 Å². The second-order valence-corrected chi connectivity index (χ2v) is 8.59. The Morgan fingerprint density at radius 2 is 2.05 bits per heavy atom. The molecule has 0 amide bonds. The maximum atomic E-state index is 12.6. The minimum atomic E-state index is -3.44. The number of hydrogen-bond donors (Lipinski definition) is 1. The van der Waals surface area contributed by atoms with Crippen LogP contribution >= 0.6 is 0 Å². The lowest BCUT2D eigenvalue weighted by molar-refractivity contribution is 0.252. The molecule has 1 aliphatic rings. The van der Waals surface area contributed by atoms with Crippen molar-refractivity contribution in [3.63, 3.8) is 0 Å². The van der Waals surface area contributed by atoms with E-state index in [4.69, 9.17) is 0 Å². The molecule has 6 heteroatoms. The molecule has 0 aromatic carbocycles. The number of rotatable bonds is 3. The summed E-state index contributed by atoms with van der Waals surface area (Å²) in [5, 5.41) is 9.18. The number of aliphatic hydroxyl groups excluding tert-OH is 1. The molecule has 1 saturated heterocycles. The first-order valence-corrected chi connectivity index (χ1v) is 8.36. The van der Waals surface area contributed by atoms with E-state index in [9.17, 15) is 13.5 Å². The van der Waals surface area contributed by atoms with E-state index in [-0.39, 0.29) is 16.9 Å². The van der Waals surface area contributed by atoms with Crippen LogP contribution in [0.3, 0.4) is 0 Å². The average Bonchev–Trinajstić information content (AvgIpc) is 2.94. The van der Waals surface area contributed by atoms with Gasteiger partial charge in [-0.2, -0.15) is 4.31 Å². The van der Waals surface area contributed by atoms with Crippen molar-refractivity contribution in [3.8, 4) is 0 Å². The molecule has 1 atom stereocenters. The molecule has 114 valence electrons. The van der Waals surface area contributed by atoms with Crippen LogP contribution in [0.2, 0.25) is 0 Å². The number of aromatic nitrogens is 1. The molecular formula is C14H24N2O3S. The standard InChI is InChI=1S/C14H24N2O3S/c1-14(2,3)11-5-6-16(8-11)20(18,19)13-7-12(10-17)15(4)9-13/h7,9,11,17H,5-6,8,10H2,1-4H3. The van der Waals surface area contributed by atoms with Crippen molar-refractivity contribution in [2.75, 3.05) is 13.1 Å². The van der Waals surface area contributed by atoms with Gasteiger partial charge in [-0.1, -0.05) is 20.8 Å². The van der Waals surface area contributed by atoms with Crippen LogP contribution in [0.4, 0.5) is 0 Å². The Hall–Kier alpha value is -0.850. The van der Waals surface area contributed by atoms with Crippen LogP contribution < -0.4 is 0 Å². The number of aryl methyl sites for hydroxylation is 1. The molecule has 1 aromatic rings. The van der Waals surface area contributed by atoms with Gasteiger partial charge in [0.05, 0.1) is 6.61 Å². The summed E-state index contributed by atoms with van der Waals surface area (Å²) in [5.41, 5.74) is 0.729. The quantitative estimate of drug-likeness (QED) is 0.922. The van der Waals surface area contributed by atoms with Gasteiger partial charge in [0.1, 0.15) is 4.90 Å². The summed E-state index contributed by atoms with van der Waals surface area (Å²) >= 11 is 0. The largest absolute Gasteiger partial charge is 0.390 e. The first kappa shape index (κ1) is 15.5. The molecule has 1 N–H and O–H groups in total. The maximum absolute atomic E-state index is 12.6. The van der Waals surface area contributed by atoms with Gasteiger partial charge in [0.2, 0.25) is 10.0 Å². The van der Waals surface area contributed by atoms with E-state index in [1.807, 2.05) is 0 Å². The predicted molar refractivity (Wildman–Crippen MR) is 77.7 cm³/mol. The number of nitrogens with zero attached hydrogens (tertiary/aromatic N) is 2. The molecule has 2 heterocycles. The molecule has 1 unspecified atom stereocenters. The van der Waals surface area contributed by atoms with Crippen LogP contribution in [-0.4, -0.2) is 35.5 Å². The molecule has 2 rings (SSSR count). The molecule has 0 spiro atoms. The monoisotopic (exact) mass is 300 g/mol. The van der Waals surface area contributed by atoms with Gasteiger partial charge < -0.3 is 9.67 Å². The number of aliphatic hydroxyl groups is 1. The van der Waals surface area contributed by atoms with Crippen molar-refractivity contribution >= 4 is 10.0 Å². The van der Waals surface area contributed by atoms with Crippen LogP contribution in [0.15, 0.2) is 17.2 Å². The van der Waals surface area contributed by atoms with Gasteiger partial charge in [-0.25, -0.2) is 8.42 Å². The van der Waals surface area contributed by atoms with Gasteiger partial charge in [-0.05, 0) is 23.8 Å². The van der Waals surface area contributed by atoms with Crippen LogP contribution in [0, 0.1) is 11.3 Å². The van der Waals surface area contributed by atoms with Crippen molar-refractivity contribution in [1.82, 2.24) is 8.87 Å². The van der Waals surface area contributed by atoms with Gasteiger partial charge >= 0.3 is 0 Å². The van der Waals surface area contributed by atoms with E-state index in [1.165, 1.54) is 0 Å². The fraction of sp³-hybridized carbons (Fsp3) is 0.714. The molecule has 1 aliphatic heterocycles. The summed E-state index contributed by atoms with van der Waals surface area (Å²) in [4.78, 5) is 0.276. The van der Waals surface area contributed by atoms with E-state index in [0.717, 1.165) is 6.42 Å². The summed E-state index contributed by atoms with van der Waals surface area (Å²) < 4.78 is 28.5. The van der Waals surface area contributed by atoms with Crippen molar-refractivity contribution in [2.45, 2.75) is 38.7 Å². The first-order valence-electron chi connectivity index (χ1n) is 6.92. The lowest BCUT2D eigenvalue weighted by atomic mass is 9.80. The van der Waals surface area contributed by atoms with Gasteiger partial charge in [0.25, 0.3) is 0 Å². The highest BCUT2D eigenvalue weighted by molar-refractivity contribution is 7.89. The second-order valence-electron chi connectivity index (χ2n) is 6.65. The van der Waals surface area contributed by atoms with Crippen molar-refractivity contribution in [3.05, 3.63) is 18.0 Å². The Morgan fingerprint density at radius 3 is 2.50 bits per heavy atom. The lowest BCUT2D eigenvalue weighted by Crippen LogP contribution is -2.31. The molecule has 1 aromatic heterocycles. The van der Waals surface area contributed by atoms with Gasteiger partial charge in [0, 0.05) is 32.0 Å². The molecule has 20 heavy (non-hydrogen) atoms. The Balaban J connectivity index is 2.23.